The highest BCUT2D eigenvalue weighted by atomic mass is 16.5. The van der Waals surface area contributed by atoms with Gasteiger partial charge in [0, 0.05) is 33.2 Å². The molecular formula is C13H25N3O3. The zero-order valence-electron chi connectivity index (χ0n) is 11.9. The maximum atomic E-state index is 11.9. The number of carbonyl (C=O) groups excluding carboxylic acids is 2. The Morgan fingerprint density at radius 3 is 2.58 bits per heavy atom. The Kier molecular flexibility index (Phi) is 7.43. The van der Waals surface area contributed by atoms with Crippen LogP contribution in [0.5, 0.6) is 0 Å². The van der Waals surface area contributed by atoms with E-state index in [4.69, 9.17) is 4.74 Å². The van der Waals surface area contributed by atoms with Crippen LogP contribution in [0, 0.1) is 5.92 Å². The van der Waals surface area contributed by atoms with E-state index in [1.54, 1.807) is 14.2 Å². The number of rotatable bonds is 7. The molecule has 0 aromatic carbocycles. The predicted octanol–water partition coefficient (Wildman–Crippen LogP) is -0.403. The van der Waals surface area contributed by atoms with Gasteiger partial charge in [-0.25, -0.2) is 0 Å². The van der Waals surface area contributed by atoms with Crippen LogP contribution in [0.25, 0.3) is 0 Å². The molecular weight excluding hydrogens is 246 g/mol. The first-order valence-corrected chi connectivity index (χ1v) is 6.87. The van der Waals surface area contributed by atoms with Crippen molar-refractivity contribution in [1.29, 1.82) is 0 Å². The second kappa shape index (κ2) is 8.87. The zero-order valence-corrected chi connectivity index (χ0v) is 11.9. The van der Waals surface area contributed by atoms with Crippen LogP contribution in [-0.4, -0.2) is 63.7 Å². The predicted molar refractivity (Wildman–Crippen MR) is 72.7 cm³/mol. The van der Waals surface area contributed by atoms with E-state index < -0.39 is 0 Å². The van der Waals surface area contributed by atoms with Gasteiger partial charge in [0.15, 0.2) is 0 Å². The lowest BCUT2D eigenvalue weighted by molar-refractivity contribution is -0.126. The van der Waals surface area contributed by atoms with Crippen LogP contribution >= 0.6 is 0 Å². The summed E-state index contributed by atoms with van der Waals surface area (Å²) in [5.74, 6) is 0.252. The topological polar surface area (TPSA) is 70.7 Å². The lowest BCUT2D eigenvalue weighted by Crippen LogP contribution is -2.44. The summed E-state index contributed by atoms with van der Waals surface area (Å²) in [5.41, 5.74) is 0. The fourth-order valence-corrected chi connectivity index (χ4v) is 2.21. The summed E-state index contributed by atoms with van der Waals surface area (Å²) >= 11 is 0. The fraction of sp³-hybridized carbons (Fsp3) is 0.846. The lowest BCUT2D eigenvalue weighted by Gasteiger charge is -2.30. The van der Waals surface area contributed by atoms with Gasteiger partial charge in [0.05, 0.1) is 6.54 Å². The Morgan fingerprint density at radius 1 is 1.32 bits per heavy atom. The zero-order chi connectivity index (χ0) is 14.1. The summed E-state index contributed by atoms with van der Waals surface area (Å²) in [4.78, 5) is 25.2. The smallest absolute Gasteiger partial charge is 0.233 e. The molecule has 1 heterocycles. The Hall–Kier alpha value is -1.14. The average molecular weight is 271 g/mol. The average Bonchev–Trinajstić information content (AvgIpc) is 2.44. The van der Waals surface area contributed by atoms with Gasteiger partial charge >= 0.3 is 0 Å². The normalized spacial score (nSPS) is 17.2. The molecule has 0 aliphatic carbocycles. The van der Waals surface area contributed by atoms with Crippen LogP contribution in [0.2, 0.25) is 0 Å². The molecule has 2 N–H and O–H groups in total. The standard InChI is InChI=1S/C13H25N3O3/c1-14-12(17)10-16-7-4-11(5-8-16)13(18)15-6-3-9-19-2/h11H,3-10H2,1-2H3,(H,14,17)(H,15,18). The second-order valence-electron chi connectivity index (χ2n) is 4.86. The number of nitrogens with zero attached hydrogens (tertiary/aromatic N) is 1. The first kappa shape index (κ1) is 15.9. The van der Waals surface area contributed by atoms with Gasteiger partial charge in [-0.3, -0.25) is 14.5 Å². The highest BCUT2D eigenvalue weighted by Crippen LogP contribution is 2.16. The summed E-state index contributed by atoms with van der Waals surface area (Å²) in [6.45, 7) is 3.39. The maximum absolute atomic E-state index is 11.9. The van der Waals surface area contributed by atoms with E-state index in [1.165, 1.54) is 0 Å². The molecule has 1 aliphatic rings. The number of likely N-dealkylation sites (tertiary alicyclic amines) is 1. The van der Waals surface area contributed by atoms with Gasteiger partial charge in [-0.05, 0) is 32.4 Å². The van der Waals surface area contributed by atoms with Crippen LogP contribution in [0.3, 0.4) is 0 Å². The monoisotopic (exact) mass is 271 g/mol. The molecule has 0 unspecified atom stereocenters. The minimum absolute atomic E-state index is 0.0301. The van der Waals surface area contributed by atoms with Crippen LogP contribution < -0.4 is 10.6 Å². The number of piperidine rings is 1. The summed E-state index contributed by atoms with van der Waals surface area (Å²) < 4.78 is 4.93. The SMILES string of the molecule is CNC(=O)CN1CCC(C(=O)NCCCOC)CC1. The molecule has 0 radical (unpaired) electrons. The Bertz CT molecular complexity index is 289. The molecule has 0 bridgehead atoms. The fourth-order valence-electron chi connectivity index (χ4n) is 2.21. The van der Waals surface area contributed by atoms with Gasteiger partial charge in [0.25, 0.3) is 0 Å². The minimum atomic E-state index is 0.0301. The third-order valence-electron chi connectivity index (χ3n) is 3.43. The highest BCUT2D eigenvalue weighted by Gasteiger charge is 2.25. The van der Waals surface area contributed by atoms with Crippen molar-refractivity contribution >= 4 is 11.8 Å². The van der Waals surface area contributed by atoms with E-state index in [-0.39, 0.29) is 17.7 Å². The molecule has 0 aromatic rings. The van der Waals surface area contributed by atoms with Crippen molar-refractivity contribution in [3.8, 4) is 0 Å². The van der Waals surface area contributed by atoms with Gasteiger partial charge < -0.3 is 15.4 Å². The molecule has 6 nitrogen and oxygen atoms in total. The Balaban J connectivity index is 2.18. The number of hydrogen-bond donors (Lipinski definition) is 2. The van der Waals surface area contributed by atoms with E-state index in [0.717, 1.165) is 32.4 Å². The molecule has 110 valence electrons. The van der Waals surface area contributed by atoms with Gasteiger partial charge in [0.2, 0.25) is 11.8 Å². The number of ether oxygens (including phenoxy) is 1. The molecule has 1 rings (SSSR count). The Labute approximate surface area is 114 Å². The maximum Gasteiger partial charge on any atom is 0.233 e. The van der Waals surface area contributed by atoms with E-state index in [0.29, 0.717) is 19.7 Å². The third-order valence-corrected chi connectivity index (χ3v) is 3.43. The van der Waals surface area contributed by atoms with E-state index in [9.17, 15) is 9.59 Å². The van der Waals surface area contributed by atoms with Crippen molar-refractivity contribution in [3.05, 3.63) is 0 Å². The van der Waals surface area contributed by atoms with E-state index in [1.807, 2.05) is 0 Å². The number of methoxy groups -OCH3 is 1. The van der Waals surface area contributed by atoms with E-state index >= 15 is 0 Å². The van der Waals surface area contributed by atoms with Gasteiger partial charge in [0.1, 0.15) is 0 Å². The van der Waals surface area contributed by atoms with Crippen LogP contribution in [0.1, 0.15) is 19.3 Å². The lowest BCUT2D eigenvalue weighted by atomic mass is 9.96. The van der Waals surface area contributed by atoms with Crippen molar-refractivity contribution in [2.24, 2.45) is 5.92 Å². The molecule has 1 fully saturated rings. The number of carbonyl (C=O) groups is 2. The summed E-state index contributed by atoms with van der Waals surface area (Å²) in [6.07, 6.45) is 2.50. The van der Waals surface area contributed by atoms with Crippen LogP contribution in [-0.2, 0) is 14.3 Å². The summed E-state index contributed by atoms with van der Waals surface area (Å²) in [7, 11) is 3.30. The molecule has 6 heteroatoms. The first-order valence-electron chi connectivity index (χ1n) is 6.87. The number of nitrogens with one attached hydrogen (secondary N) is 2. The van der Waals surface area contributed by atoms with Crippen LogP contribution in [0.15, 0.2) is 0 Å². The number of likely N-dealkylation sites (N-methyl/N-ethyl adjacent to an activating group) is 1. The van der Waals surface area contributed by atoms with Crippen molar-refractivity contribution < 1.29 is 14.3 Å². The largest absolute Gasteiger partial charge is 0.385 e. The van der Waals surface area contributed by atoms with Crippen molar-refractivity contribution in [1.82, 2.24) is 15.5 Å². The van der Waals surface area contributed by atoms with Crippen molar-refractivity contribution in [2.75, 3.05) is 46.9 Å². The second-order valence-corrected chi connectivity index (χ2v) is 4.86. The van der Waals surface area contributed by atoms with Crippen LogP contribution in [0.4, 0.5) is 0 Å². The first-order chi connectivity index (χ1) is 9.17. The van der Waals surface area contributed by atoms with Crippen molar-refractivity contribution in [3.63, 3.8) is 0 Å². The number of amides is 2. The van der Waals surface area contributed by atoms with Crippen molar-refractivity contribution in [2.45, 2.75) is 19.3 Å². The molecule has 2 amide bonds. The van der Waals surface area contributed by atoms with Gasteiger partial charge in [-0.1, -0.05) is 0 Å². The highest BCUT2D eigenvalue weighted by molar-refractivity contribution is 5.79. The summed E-state index contributed by atoms with van der Waals surface area (Å²) in [5, 5.41) is 5.55. The Morgan fingerprint density at radius 2 is 2.00 bits per heavy atom. The van der Waals surface area contributed by atoms with Gasteiger partial charge in [-0.15, -0.1) is 0 Å². The molecule has 0 saturated carbocycles. The molecule has 1 aliphatic heterocycles. The molecule has 0 atom stereocenters. The molecule has 1 saturated heterocycles. The number of hydrogen-bond acceptors (Lipinski definition) is 4. The summed E-state index contributed by atoms with van der Waals surface area (Å²) in [6, 6.07) is 0. The van der Waals surface area contributed by atoms with E-state index in [2.05, 4.69) is 15.5 Å². The minimum Gasteiger partial charge on any atom is -0.385 e. The molecule has 19 heavy (non-hydrogen) atoms. The third kappa shape index (κ3) is 6.02. The molecule has 0 aromatic heterocycles. The molecule has 0 spiro atoms. The quantitative estimate of drug-likeness (QED) is 0.618. The van der Waals surface area contributed by atoms with Gasteiger partial charge in [-0.2, -0.15) is 0 Å².